The Bertz CT molecular complexity index is 128. The smallest absolute Gasteiger partial charge is 0.0880 e. The Morgan fingerprint density at radius 1 is 1.55 bits per heavy atom. The lowest BCUT2D eigenvalue weighted by molar-refractivity contribution is -0.0819. The van der Waals surface area contributed by atoms with E-state index in [1.807, 2.05) is 13.8 Å². The van der Waals surface area contributed by atoms with E-state index in [1.165, 1.54) is 12.8 Å². The third-order valence-electron chi connectivity index (χ3n) is 2.58. The van der Waals surface area contributed by atoms with Crippen molar-refractivity contribution in [3.05, 3.63) is 0 Å². The quantitative estimate of drug-likeness (QED) is 0.673. The molecule has 0 spiro atoms. The van der Waals surface area contributed by atoms with E-state index in [-0.39, 0.29) is 11.7 Å². The van der Waals surface area contributed by atoms with E-state index in [0.29, 0.717) is 0 Å². The highest BCUT2D eigenvalue weighted by Crippen LogP contribution is 2.36. The van der Waals surface area contributed by atoms with Crippen LogP contribution in [0.1, 0.15) is 33.1 Å². The summed E-state index contributed by atoms with van der Waals surface area (Å²) < 4.78 is 5.18. The Balaban J connectivity index is 2.31. The zero-order valence-electron chi connectivity index (χ0n) is 7.63. The molecule has 1 aliphatic rings. The van der Waals surface area contributed by atoms with E-state index < -0.39 is 0 Å². The largest absolute Gasteiger partial charge is 0.390 e. The fraction of sp³-hybridized carbons (Fsp3) is 1.00. The lowest BCUT2D eigenvalue weighted by Gasteiger charge is -2.28. The van der Waals surface area contributed by atoms with Crippen molar-refractivity contribution in [2.24, 2.45) is 5.92 Å². The van der Waals surface area contributed by atoms with Gasteiger partial charge in [0.05, 0.1) is 11.7 Å². The van der Waals surface area contributed by atoms with Crippen molar-refractivity contribution in [3.63, 3.8) is 0 Å². The van der Waals surface area contributed by atoms with Crippen LogP contribution in [-0.2, 0) is 4.74 Å². The minimum Gasteiger partial charge on any atom is -0.390 e. The van der Waals surface area contributed by atoms with Crippen molar-refractivity contribution in [1.82, 2.24) is 0 Å². The Kier molecular flexibility index (Phi) is 2.55. The van der Waals surface area contributed by atoms with Crippen LogP contribution in [-0.4, -0.2) is 23.9 Å². The summed E-state index contributed by atoms with van der Waals surface area (Å²) in [5.41, 5.74) is -0.372. The summed E-state index contributed by atoms with van der Waals surface area (Å²) >= 11 is 0. The molecule has 0 radical (unpaired) electrons. The number of hydrogen-bond acceptors (Lipinski definition) is 2. The SMILES string of the molecule is COC(C)(C)C(O)CC1CC1. The minimum absolute atomic E-state index is 0.306. The predicted molar refractivity (Wildman–Crippen MR) is 44.4 cm³/mol. The molecular weight excluding hydrogens is 140 g/mol. The van der Waals surface area contributed by atoms with E-state index in [1.54, 1.807) is 7.11 Å². The molecule has 1 atom stereocenters. The summed E-state index contributed by atoms with van der Waals surface area (Å²) in [7, 11) is 1.65. The molecule has 0 aliphatic heterocycles. The van der Waals surface area contributed by atoms with Crippen molar-refractivity contribution in [2.75, 3.05) is 7.11 Å². The second kappa shape index (κ2) is 3.11. The van der Waals surface area contributed by atoms with Gasteiger partial charge in [0.15, 0.2) is 0 Å². The molecule has 11 heavy (non-hydrogen) atoms. The van der Waals surface area contributed by atoms with E-state index in [0.717, 1.165) is 12.3 Å². The molecule has 1 unspecified atom stereocenters. The molecule has 0 bridgehead atoms. The Labute approximate surface area is 68.6 Å². The first kappa shape index (κ1) is 9.01. The van der Waals surface area contributed by atoms with E-state index >= 15 is 0 Å². The summed E-state index contributed by atoms with van der Waals surface area (Å²) in [5, 5.41) is 9.66. The number of aliphatic hydroxyl groups excluding tert-OH is 1. The maximum atomic E-state index is 9.66. The van der Waals surface area contributed by atoms with Gasteiger partial charge in [0.2, 0.25) is 0 Å². The summed E-state index contributed by atoms with van der Waals surface area (Å²) in [6.45, 7) is 3.86. The van der Waals surface area contributed by atoms with Gasteiger partial charge in [-0.1, -0.05) is 12.8 Å². The average molecular weight is 158 g/mol. The van der Waals surface area contributed by atoms with Crippen LogP contribution in [0, 0.1) is 5.92 Å². The molecule has 2 heteroatoms. The van der Waals surface area contributed by atoms with Gasteiger partial charge in [-0.05, 0) is 26.2 Å². The molecule has 0 aromatic heterocycles. The fourth-order valence-corrected chi connectivity index (χ4v) is 1.09. The molecule has 0 heterocycles. The summed E-state index contributed by atoms with van der Waals surface area (Å²) in [5.74, 6) is 0.763. The van der Waals surface area contributed by atoms with Crippen LogP contribution < -0.4 is 0 Å². The molecule has 0 aromatic carbocycles. The number of methoxy groups -OCH3 is 1. The van der Waals surface area contributed by atoms with E-state index in [9.17, 15) is 5.11 Å². The van der Waals surface area contributed by atoms with Crippen molar-refractivity contribution >= 4 is 0 Å². The van der Waals surface area contributed by atoms with Crippen molar-refractivity contribution in [3.8, 4) is 0 Å². The molecule has 66 valence electrons. The van der Waals surface area contributed by atoms with Crippen molar-refractivity contribution < 1.29 is 9.84 Å². The summed E-state index contributed by atoms with van der Waals surface area (Å²) in [6, 6.07) is 0. The maximum absolute atomic E-state index is 9.66. The average Bonchev–Trinajstić information content (AvgIpc) is 2.72. The van der Waals surface area contributed by atoms with Crippen molar-refractivity contribution in [1.29, 1.82) is 0 Å². The summed E-state index contributed by atoms with van der Waals surface area (Å²) in [6.07, 6.45) is 3.18. The standard InChI is InChI=1S/C9H18O2/c1-9(2,11-3)8(10)6-7-4-5-7/h7-8,10H,4-6H2,1-3H3. The van der Waals surface area contributed by atoms with Crippen LogP contribution in [0.5, 0.6) is 0 Å². The highest BCUT2D eigenvalue weighted by Gasteiger charge is 2.33. The van der Waals surface area contributed by atoms with Gasteiger partial charge in [-0.15, -0.1) is 0 Å². The second-order valence-corrected chi connectivity index (χ2v) is 4.00. The third-order valence-corrected chi connectivity index (χ3v) is 2.58. The van der Waals surface area contributed by atoms with Gasteiger partial charge in [-0.2, -0.15) is 0 Å². The third kappa shape index (κ3) is 2.46. The molecular formula is C9H18O2. The number of aliphatic hydroxyl groups is 1. The molecule has 1 fully saturated rings. The molecule has 2 nitrogen and oxygen atoms in total. The van der Waals surface area contributed by atoms with Crippen LogP contribution in [0.15, 0.2) is 0 Å². The zero-order chi connectivity index (χ0) is 8.48. The Morgan fingerprint density at radius 3 is 2.45 bits per heavy atom. The minimum atomic E-state index is -0.372. The normalized spacial score (nSPS) is 21.8. The number of ether oxygens (including phenoxy) is 1. The Hall–Kier alpha value is -0.0800. The van der Waals surface area contributed by atoms with Gasteiger partial charge in [0, 0.05) is 7.11 Å². The van der Waals surface area contributed by atoms with Crippen LogP contribution in [0.25, 0.3) is 0 Å². The molecule has 0 amide bonds. The van der Waals surface area contributed by atoms with Gasteiger partial charge < -0.3 is 9.84 Å². The van der Waals surface area contributed by atoms with E-state index in [2.05, 4.69) is 0 Å². The van der Waals surface area contributed by atoms with E-state index in [4.69, 9.17) is 4.74 Å². The molecule has 1 N–H and O–H groups in total. The van der Waals surface area contributed by atoms with Crippen LogP contribution in [0.2, 0.25) is 0 Å². The predicted octanol–water partition coefficient (Wildman–Crippen LogP) is 1.57. The van der Waals surface area contributed by atoms with Gasteiger partial charge >= 0.3 is 0 Å². The highest BCUT2D eigenvalue weighted by molar-refractivity contribution is 4.85. The van der Waals surface area contributed by atoms with Crippen LogP contribution in [0.3, 0.4) is 0 Å². The first-order valence-corrected chi connectivity index (χ1v) is 4.29. The molecule has 1 rings (SSSR count). The topological polar surface area (TPSA) is 29.5 Å². The van der Waals surface area contributed by atoms with Gasteiger partial charge in [0.1, 0.15) is 0 Å². The number of hydrogen-bond donors (Lipinski definition) is 1. The fourth-order valence-electron chi connectivity index (χ4n) is 1.09. The maximum Gasteiger partial charge on any atom is 0.0880 e. The molecule has 0 saturated heterocycles. The monoisotopic (exact) mass is 158 g/mol. The number of rotatable bonds is 4. The lowest BCUT2D eigenvalue weighted by atomic mass is 9.97. The van der Waals surface area contributed by atoms with Gasteiger partial charge in [-0.25, -0.2) is 0 Å². The zero-order valence-corrected chi connectivity index (χ0v) is 7.63. The Morgan fingerprint density at radius 2 is 2.09 bits per heavy atom. The summed E-state index contributed by atoms with van der Waals surface area (Å²) in [4.78, 5) is 0. The first-order chi connectivity index (χ1) is 5.06. The van der Waals surface area contributed by atoms with Crippen molar-refractivity contribution in [2.45, 2.75) is 44.8 Å². The second-order valence-electron chi connectivity index (χ2n) is 4.00. The van der Waals surface area contributed by atoms with Crippen LogP contribution in [0.4, 0.5) is 0 Å². The highest BCUT2D eigenvalue weighted by atomic mass is 16.5. The first-order valence-electron chi connectivity index (χ1n) is 4.29. The molecule has 0 aromatic rings. The van der Waals surface area contributed by atoms with Gasteiger partial charge in [-0.3, -0.25) is 0 Å². The van der Waals surface area contributed by atoms with Gasteiger partial charge in [0.25, 0.3) is 0 Å². The lowest BCUT2D eigenvalue weighted by Crippen LogP contribution is -2.38. The van der Waals surface area contributed by atoms with Crippen LogP contribution >= 0.6 is 0 Å². The molecule has 1 aliphatic carbocycles. The molecule has 1 saturated carbocycles.